The maximum Gasteiger partial charge on any atom is 0.317 e. The topological polar surface area (TPSA) is 107 Å². The zero-order valence-corrected chi connectivity index (χ0v) is 14.6. The number of nitrogens with one attached hydrogen (secondary N) is 2. The first-order valence-corrected chi connectivity index (χ1v) is 8.80. The summed E-state index contributed by atoms with van der Waals surface area (Å²) in [5, 5.41) is 25.4. The summed E-state index contributed by atoms with van der Waals surface area (Å²) in [5.41, 5.74) is 1.58. The van der Waals surface area contributed by atoms with E-state index < -0.39 is 12.2 Å². The number of hydrogen-bond acceptors (Lipinski definition) is 6. The van der Waals surface area contributed by atoms with Crippen molar-refractivity contribution in [3.05, 3.63) is 35.4 Å². The Labute approximate surface area is 152 Å². The van der Waals surface area contributed by atoms with E-state index in [0.717, 1.165) is 5.56 Å². The van der Waals surface area contributed by atoms with E-state index >= 15 is 0 Å². The molecule has 0 bridgehead atoms. The average Bonchev–Trinajstić information content (AvgIpc) is 3.05. The molecule has 0 spiro atoms. The molecule has 0 saturated carbocycles. The van der Waals surface area contributed by atoms with Gasteiger partial charge in [-0.1, -0.05) is 12.1 Å². The van der Waals surface area contributed by atoms with Crippen molar-refractivity contribution in [2.24, 2.45) is 0 Å². The first-order chi connectivity index (χ1) is 12.7. The highest BCUT2D eigenvalue weighted by Crippen LogP contribution is 2.15. The monoisotopic (exact) mass is 360 g/mol. The number of ether oxygens (including phenoxy) is 2. The molecule has 26 heavy (non-hydrogen) atoms. The van der Waals surface area contributed by atoms with Gasteiger partial charge in [0.15, 0.2) is 0 Å². The zero-order valence-electron chi connectivity index (χ0n) is 14.6. The van der Waals surface area contributed by atoms with Gasteiger partial charge < -0.3 is 30.1 Å². The van der Waals surface area contributed by atoms with Crippen LogP contribution in [-0.2, 0) is 16.0 Å². The standard InChI is InChI=1S/C18H24N4O4/c19-9-13-2-1-3-14(8-13)10-20-15-12-26-16(17(15)23)11-21-18(24)22-4-6-25-7-5-22/h1-3,8,15-17,20,23H,4-7,10-12H2,(H,21,24). The number of rotatable bonds is 5. The van der Waals surface area contributed by atoms with Gasteiger partial charge in [0.1, 0.15) is 6.10 Å². The van der Waals surface area contributed by atoms with Crippen LogP contribution in [0.25, 0.3) is 0 Å². The molecule has 3 atom stereocenters. The first kappa shape index (κ1) is 18.6. The second-order valence-corrected chi connectivity index (χ2v) is 6.45. The van der Waals surface area contributed by atoms with Crippen LogP contribution in [0.4, 0.5) is 4.79 Å². The van der Waals surface area contributed by atoms with E-state index in [1.165, 1.54) is 0 Å². The molecule has 1 aromatic rings. The molecule has 2 amide bonds. The summed E-state index contributed by atoms with van der Waals surface area (Å²) in [6.07, 6.45) is -1.15. The molecule has 3 unspecified atom stereocenters. The van der Waals surface area contributed by atoms with Crippen LogP contribution in [0.5, 0.6) is 0 Å². The van der Waals surface area contributed by atoms with E-state index in [0.29, 0.717) is 45.0 Å². The van der Waals surface area contributed by atoms with E-state index in [9.17, 15) is 9.90 Å². The fourth-order valence-electron chi connectivity index (χ4n) is 3.11. The molecule has 1 aromatic carbocycles. The van der Waals surface area contributed by atoms with Crippen molar-refractivity contribution in [1.82, 2.24) is 15.5 Å². The number of nitriles is 1. The SMILES string of the molecule is N#Cc1cccc(CNC2COC(CNC(=O)N3CCOCC3)C2O)c1. The lowest BCUT2D eigenvalue weighted by Crippen LogP contribution is -2.50. The highest BCUT2D eigenvalue weighted by Gasteiger charge is 2.35. The van der Waals surface area contributed by atoms with Crippen molar-refractivity contribution in [2.75, 3.05) is 39.5 Å². The Morgan fingerprint density at radius 3 is 2.96 bits per heavy atom. The number of nitrogens with zero attached hydrogens (tertiary/aromatic N) is 2. The third kappa shape index (κ3) is 4.71. The predicted molar refractivity (Wildman–Crippen MR) is 93.3 cm³/mol. The summed E-state index contributed by atoms with van der Waals surface area (Å²) < 4.78 is 10.9. The molecule has 2 aliphatic rings. The highest BCUT2D eigenvalue weighted by atomic mass is 16.5. The number of aliphatic hydroxyl groups excluding tert-OH is 1. The molecule has 8 nitrogen and oxygen atoms in total. The molecule has 8 heteroatoms. The number of urea groups is 1. The van der Waals surface area contributed by atoms with E-state index in [2.05, 4.69) is 16.7 Å². The van der Waals surface area contributed by atoms with Crippen molar-refractivity contribution >= 4 is 6.03 Å². The minimum Gasteiger partial charge on any atom is -0.389 e. The summed E-state index contributed by atoms with van der Waals surface area (Å²) in [7, 11) is 0. The predicted octanol–water partition coefficient (Wildman–Crippen LogP) is -0.182. The maximum absolute atomic E-state index is 12.1. The van der Waals surface area contributed by atoms with Crippen molar-refractivity contribution in [3.63, 3.8) is 0 Å². The summed E-state index contributed by atoms with van der Waals surface area (Å²) >= 11 is 0. The van der Waals surface area contributed by atoms with Gasteiger partial charge in [0.2, 0.25) is 0 Å². The molecular formula is C18H24N4O4. The molecule has 2 saturated heterocycles. The van der Waals surface area contributed by atoms with Crippen LogP contribution < -0.4 is 10.6 Å². The second kappa shape index (κ2) is 8.96. The molecule has 2 fully saturated rings. The fraction of sp³-hybridized carbons (Fsp3) is 0.556. The quantitative estimate of drug-likeness (QED) is 0.672. The normalized spacial score (nSPS) is 25.7. The number of aliphatic hydroxyl groups is 1. The number of amides is 2. The first-order valence-electron chi connectivity index (χ1n) is 8.80. The summed E-state index contributed by atoms with van der Waals surface area (Å²) in [6.45, 7) is 3.42. The van der Waals surface area contributed by atoms with Gasteiger partial charge in [-0.05, 0) is 17.7 Å². The molecule has 2 heterocycles. The van der Waals surface area contributed by atoms with Crippen LogP contribution in [0.15, 0.2) is 24.3 Å². The van der Waals surface area contributed by atoms with Crippen LogP contribution in [0.2, 0.25) is 0 Å². The molecular weight excluding hydrogens is 336 g/mol. The Bertz CT molecular complexity index is 657. The number of carbonyl (C=O) groups is 1. The minimum absolute atomic E-state index is 0.158. The smallest absolute Gasteiger partial charge is 0.317 e. The van der Waals surface area contributed by atoms with Gasteiger partial charge in [0, 0.05) is 26.2 Å². The van der Waals surface area contributed by atoms with Gasteiger partial charge in [0.25, 0.3) is 0 Å². The Kier molecular flexibility index (Phi) is 6.41. The minimum atomic E-state index is -0.709. The molecule has 0 aliphatic carbocycles. The largest absolute Gasteiger partial charge is 0.389 e. The highest BCUT2D eigenvalue weighted by molar-refractivity contribution is 5.74. The van der Waals surface area contributed by atoms with Crippen molar-refractivity contribution in [3.8, 4) is 6.07 Å². The van der Waals surface area contributed by atoms with E-state index in [1.807, 2.05) is 18.2 Å². The number of hydrogen-bond donors (Lipinski definition) is 3. The van der Waals surface area contributed by atoms with Crippen LogP contribution in [0.1, 0.15) is 11.1 Å². The Morgan fingerprint density at radius 1 is 1.38 bits per heavy atom. The Balaban J connectivity index is 1.43. The lowest BCUT2D eigenvalue weighted by Gasteiger charge is -2.27. The van der Waals surface area contributed by atoms with E-state index in [-0.39, 0.29) is 18.6 Å². The molecule has 140 valence electrons. The summed E-state index contributed by atoms with van der Waals surface area (Å²) in [6, 6.07) is 9.07. The van der Waals surface area contributed by atoms with Gasteiger partial charge in [-0.3, -0.25) is 0 Å². The third-order valence-corrected chi connectivity index (χ3v) is 4.66. The number of morpholine rings is 1. The Hall–Kier alpha value is -2.18. The van der Waals surface area contributed by atoms with Crippen molar-refractivity contribution in [1.29, 1.82) is 5.26 Å². The van der Waals surface area contributed by atoms with E-state index in [1.54, 1.807) is 11.0 Å². The number of benzene rings is 1. The summed E-state index contributed by atoms with van der Waals surface area (Å²) in [4.78, 5) is 13.8. The summed E-state index contributed by atoms with van der Waals surface area (Å²) in [5.74, 6) is 0. The zero-order chi connectivity index (χ0) is 18.4. The van der Waals surface area contributed by atoms with Gasteiger partial charge >= 0.3 is 6.03 Å². The average molecular weight is 360 g/mol. The van der Waals surface area contributed by atoms with Gasteiger partial charge in [-0.25, -0.2) is 4.79 Å². The van der Waals surface area contributed by atoms with Gasteiger partial charge in [-0.2, -0.15) is 5.26 Å². The van der Waals surface area contributed by atoms with Crippen molar-refractivity contribution < 1.29 is 19.4 Å². The van der Waals surface area contributed by atoms with E-state index in [4.69, 9.17) is 14.7 Å². The second-order valence-electron chi connectivity index (χ2n) is 6.45. The van der Waals surface area contributed by atoms with Crippen LogP contribution in [-0.4, -0.2) is 73.7 Å². The lowest BCUT2D eigenvalue weighted by molar-refractivity contribution is 0.0360. The molecule has 0 radical (unpaired) electrons. The Morgan fingerprint density at radius 2 is 2.19 bits per heavy atom. The molecule has 3 rings (SSSR count). The van der Waals surface area contributed by atoms with Crippen LogP contribution >= 0.6 is 0 Å². The molecule has 0 aromatic heterocycles. The molecule has 2 aliphatic heterocycles. The van der Waals surface area contributed by atoms with Gasteiger partial charge in [-0.15, -0.1) is 0 Å². The van der Waals surface area contributed by atoms with Crippen LogP contribution in [0, 0.1) is 11.3 Å². The van der Waals surface area contributed by atoms with Gasteiger partial charge in [0.05, 0.1) is 43.6 Å². The van der Waals surface area contributed by atoms with Crippen molar-refractivity contribution in [2.45, 2.75) is 24.8 Å². The fourth-order valence-corrected chi connectivity index (χ4v) is 3.11. The maximum atomic E-state index is 12.1. The molecule has 3 N–H and O–H groups in total. The van der Waals surface area contributed by atoms with Crippen LogP contribution in [0.3, 0.4) is 0 Å². The lowest BCUT2D eigenvalue weighted by atomic mass is 10.1. The number of carbonyl (C=O) groups excluding carboxylic acids is 1. The third-order valence-electron chi connectivity index (χ3n) is 4.66.